The summed E-state index contributed by atoms with van der Waals surface area (Å²) in [5.74, 6) is -0.936. The number of nitriles is 1. The molecule has 0 unspecified atom stereocenters. The first-order chi connectivity index (χ1) is 9.40. The number of benzene rings is 1. The Labute approximate surface area is 117 Å². The lowest BCUT2D eigenvalue weighted by Crippen LogP contribution is -2.09. The lowest BCUT2D eigenvalue weighted by Gasteiger charge is -2.04. The van der Waals surface area contributed by atoms with Gasteiger partial charge in [0.05, 0.1) is 6.61 Å². The number of ether oxygens (including phenoxy) is 1. The number of carbonyl (C=O) groups is 1. The molecule has 0 aromatic heterocycles. The topological polar surface area (TPSA) is 93.5 Å². The van der Waals surface area contributed by atoms with E-state index in [-0.39, 0.29) is 11.5 Å². The third kappa shape index (κ3) is 4.10. The van der Waals surface area contributed by atoms with Gasteiger partial charge in [0.1, 0.15) is 17.2 Å². The van der Waals surface area contributed by atoms with E-state index in [0.29, 0.717) is 6.26 Å². The lowest BCUT2D eigenvalue weighted by atomic mass is 10.2. The monoisotopic (exact) mass is 295 g/mol. The molecule has 0 saturated heterocycles. The summed E-state index contributed by atoms with van der Waals surface area (Å²) >= 11 is 0. The normalized spacial score (nSPS) is 11.6. The predicted molar refractivity (Wildman–Crippen MR) is 69.8 cm³/mol. The van der Waals surface area contributed by atoms with Gasteiger partial charge in [-0.1, -0.05) is 17.7 Å². The Morgan fingerprint density at radius 1 is 1.35 bits per heavy atom. The second-order valence-electron chi connectivity index (χ2n) is 3.73. The Bertz CT molecular complexity index is 653. The van der Waals surface area contributed by atoms with Crippen molar-refractivity contribution in [2.45, 2.75) is 18.7 Å². The van der Waals surface area contributed by atoms with Crippen molar-refractivity contribution in [2.24, 2.45) is 0 Å². The fourth-order valence-electron chi connectivity index (χ4n) is 1.20. The summed E-state index contributed by atoms with van der Waals surface area (Å²) in [7, 11) is -4.07. The van der Waals surface area contributed by atoms with Crippen molar-refractivity contribution in [3.05, 3.63) is 41.7 Å². The first-order valence-corrected chi connectivity index (χ1v) is 7.09. The average Bonchev–Trinajstić information content (AvgIpc) is 2.40. The maximum atomic E-state index is 11.8. The molecule has 0 aliphatic rings. The molecule has 0 atom stereocenters. The van der Waals surface area contributed by atoms with E-state index in [9.17, 15) is 13.2 Å². The van der Waals surface area contributed by atoms with Crippen molar-refractivity contribution in [2.75, 3.05) is 6.61 Å². The molecule has 0 amide bonds. The maximum Gasteiger partial charge on any atom is 0.352 e. The second kappa shape index (κ2) is 6.73. The molecular weight excluding hydrogens is 282 g/mol. The number of rotatable bonds is 5. The van der Waals surface area contributed by atoms with Crippen LogP contribution in [0.25, 0.3) is 0 Å². The van der Waals surface area contributed by atoms with Crippen LogP contribution >= 0.6 is 0 Å². The Hall–Kier alpha value is -2.33. The highest BCUT2D eigenvalue weighted by Crippen LogP contribution is 2.14. The SMILES string of the molecule is CCOC(=O)/C(C#N)=C\OS(=O)(=O)c1ccc(C)cc1. The number of hydrogen-bond acceptors (Lipinski definition) is 6. The van der Waals surface area contributed by atoms with E-state index < -0.39 is 21.7 Å². The highest BCUT2D eigenvalue weighted by atomic mass is 32.2. The van der Waals surface area contributed by atoms with Crippen molar-refractivity contribution in [1.29, 1.82) is 5.26 Å². The molecule has 0 fully saturated rings. The maximum absolute atomic E-state index is 11.8. The van der Waals surface area contributed by atoms with Crippen LogP contribution in [0.1, 0.15) is 12.5 Å². The molecule has 0 saturated carbocycles. The van der Waals surface area contributed by atoms with Crippen LogP contribution in [-0.4, -0.2) is 21.0 Å². The number of carbonyl (C=O) groups excluding carboxylic acids is 1. The standard InChI is InChI=1S/C13H13NO5S/c1-3-18-13(15)11(8-14)9-19-20(16,17)12-6-4-10(2)5-7-12/h4-7,9H,3H2,1-2H3/b11-9-. The molecule has 0 spiro atoms. The van der Waals surface area contributed by atoms with Crippen LogP contribution in [0.4, 0.5) is 0 Å². The summed E-state index contributed by atoms with van der Waals surface area (Å²) in [6.45, 7) is 3.45. The van der Waals surface area contributed by atoms with E-state index in [1.54, 1.807) is 19.1 Å². The van der Waals surface area contributed by atoms with Gasteiger partial charge in [0, 0.05) is 0 Å². The Morgan fingerprint density at radius 2 is 1.95 bits per heavy atom. The van der Waals surface area contributed by atoms with Gasteiger partial charge in [0.25, 0.3) is 0 Å². The molecule has 1 rings (SSSR count). The Kier molecular flexibility index (Phi) is 5.29. The van der Waals surface area contributed by atoms with Gasteiger partial charge in [-0.3, -0.25) is 0 Å². The van der Waals surface area contributed by atoms with Crippen LogP contribution in [0.15, 0.2) is 41.0 Å². The molecule has 0 bridgehead atoms. The third-order valence-electron chi connectivity index (χ3n) is 2.22. The van der Waals surface area contributed by atoms with E-state index in [1.807, 2.05) is 6.92 Å². The second-order valence-corrected chi connectivity index (χ2v) is 5.30. The molecule has 0 N–H and O–H groups in total. The number of aryl methyl sites for hydroxylation is 1. The fraction of sp³-hybridized carbons (Fsp3) is 0.231. The van der Waals surface area contributed by atoms with Gasteiger partial charge < -0.3 is 8.92 Å². The van der Waals surface area contributed by atoms with E-state index in [0.717, 1.165) is 5.56 Å². The van der Waals surface area contributed by atoms with Gasteiger partial charge in [-0.15, -0.1) is 0 Å². The summed E-state index contributed by atoms with van der Waals surface area (Å²) in [5, 5.41) is 8.73. The molecule has 6 nitrogen and oxygen atoms in total. The zero-order chi connectivity index (χ0) is 15.2. The summed E-state index contributed by atoms with van der Waals surface area (Å²) < 4.78 is 32.8. The summed E-state index contributed by atoms with van der Waals surface area (Å²) in [4.78, 5) is 11.2. The molecule has 0 heterocycles. The zero-order valence-electron chi connectivity index (χ0n) is 11.0. The average molecular weight is 295 g/mol. The van der Waals surface area contributed by atoms with Gasteiger partial charge in [-0.05, 0) is 26.0 Å². The lowest BCUT2D eigenvalue weighted by molar-refractivity contribution is -0.138. The van der Waals surface area contributed by atoms with Gasteiger partial charge in [0.15, 0.2) is 5.57 Å². The molecule has 7 heteroatoms. The molecule has 0 aliphatic carbocycles. The van der Waals surface area contributed by atoms with Gasteiger partial charge >= 0.3 is 16.1 Å². The van der Waals surface area contributed by atoms with Crippen LogP contribution in [0.2, 0.25) is 0 Å². The molecule has 106 valence electrons. The van der Waals surface area contributed by atoms with Crippen molar-refractivity contribution < 1.29 is 22.1 Å². The molecule has 1 aromatic rings. The minimum Gasteiger partial charge on any atom is -0.462 e. The number of esters is 1. The van der Waals surface area contributed by atoms with Gasteiger partial charge in [-0.2, -0.15) is 13.7 Å². The minimum atomic E-state index is -4.07. The van der Waals surface area contributed by atoms with Crippen molar-refractivity contribution in [3.8, 4) is 6.07 Å². The highest BCUT2D eigenvalue weighted by molar-refractivity contribution is 7.86. The quantitative estimate of drug-likeness (QED) is 0.270. The Morgan fingerprint density at radius 3 is 2.45 bits per heavy atom. The molecular formula is C13H13NO5S. The molecule has 1 aromatic carbocycles. The first kappa shape index (κ1) is 15.7. The van der Waals surface area contributed by atoms with Crippen molar-refractivity contribution >= 4 is 16.1 Å². The largest absolute Gasteiger partial charge is 0.462 e. The van der Waals surface area contributed by atoms with E-state index >= 15 is 0 Å². The molecule has 20 heavy (non-hydrogen) atoms. The zero-order valence-corrected chi connectivity index (χ0v) is 11.8. The van der Waals surface area contributed by atoms with Gasteiger partial charge in [0.2, 0.25) is 0 Å². The van der Waals surface area contributed by atoms with E-state index in [4.69, 9.17) is 5.26 Å². The number of hydrogen-bond donors (Lipinski definition) is 0. The fourth-order valence-corrected chi connectivity index (χ4v) is 2.00. The van der Waals surface area contributed by atoms with E-state index in [1.165, 1.54) is 18.2 Å². The van der Waals surface area contributed by atoms with Crippen molar-refractivity contribution in [3.63, 3.8) is 0 Å². The van der Waals surface area contributed by atoms with Gasteiger partial charge in [-0.25, -0.2) is 4.79 Å². The van der Waals surface area contributed by atoms with E-state index in [2.05, 4.69) is 8.92 Å². The predicted octanol–water partition coefficient (Wildman–Crippen LogP) is 1.67. The summed E-state index contributed by atoms with van der Waals surface area (Å²) in [6, 6.07) is 7.47. The van der Waals surface area contributed by atoms with Crippen LogP contribution < -0.4 is 0 Å². The van der Waals surface area contributed by atoms with Crippen LogP contribution in [0, 0.1) is 18.3 Å². The van der Waals surface area contributed by atoms with Crippen LogP contribution in [-0.2, 0) is 23.8 Å². The first-order valence-electron chi connectivity index (χ1n) is 5.68. The highest BCUT2D eigenvalue weighted by Gasteiger charge is 2.17. The minimum absolute atomic E-state index is 0.0690. The van der Waals surface area contributed by atoms with Crippen LogP contribution in [0.3, 0.4) is 0 Å². The summed E-state index contributed by atoms with van der Waals surface area (Å²) in [5.41, 5.74) is 0.367. The Balaban J connectivity index is 2.94. The molecule has 0 radical (unpaired) electrons. The van der Waals surface area contributed by atoms with Crippen LogP contribution in [0.5, 0.6) is 0 Å². The smallest absolute Gasteiger partial charge is 0.352 e. The molecule has 0 aliphatic heterocycles. The van der Waals surface area contributed by atoms with Crippen molar-refractivity contribution in [1.82, 2.24) is 0 Å². The number of nitrogens with zero attached hydrogens (tertiary/aromatic N) is 1. The summed E-state index contributed by atoms with van der Waals surface area (Å²) in [6.07, 6.45) is 0.577. The third-order valence-corrected chi connectivity index (χ3v) is 3.42.